The van der Waals surface area contributed by atoms with Crippen LogP contribution in [-0.4, -0.2) is 11.1 Å². The number of rotatable bonds is 4. The van der Waals surface area contributed by atoms with Crippen molar-refractivity contribution in [2.75, 3.05) is 11.9 Å². The van der Waals surface area contributed by atoms with Crippen LogP contribution in [0.15, 0.2) is 47.3 Å². The topological polar surface area (TPSA) is 34.0 Å². The Bertz CT molecular complexity index is 592. The molecule has 2 rings (SSSR count). The van der Waals surface area contributed by atoms with Crippen LogP contribution >= 0.6 is 11.6 Å². The van der Waals surface area contributed by atoms with Crippen LogP contribution in [0.25, 0.3) is 0 Å². The number of aryl methyl sites for hydroxylation is 1. The van der Waals surface area contributed by atoms with Crippen LogP contribution < -0.4 is 10.9 Å². The third-order valence-electron chi connectivity index (χ3n) is 2.76. The Kier molecular flexibility index (Phi) is 4.05. The van der Waals surface area contributed by atoms with Crippen LogP contribution in [0.5, 0.6) is 0 Å². The monoisotopic (exact) mass is 262 g/mol. The summed E-state index contributed by atoms with van der Waals surface area (Å²) in [6, 6.07) is 12.8. The average Bonchev–Trinajstić information content (AvgIpc) is 2.33. The minimum Gasteiger partial charge on any atom is -0.383 e. The van der Waals surface area contributed by atoms with Crippen molar-refractivity contribution < 1.29 is 0 Å². The van der Waals surface area contributed by atoms with Gasteiger partial charge in [0.05, 0.1) is 0 Å². The molecule has 0 unspecified atom stereocenters. The number of nitrogens with one attached hydrogen (secondary N) is 1. The molecule has 0 atom stereocenters. The molecule has 4 heteroatoms. The zero-order valence-corrected chi connectivity index (χ0v) is 10.9. The maximum atomic E-state index is 11.7. The predicted molar refractivity (Wildman–Crippen MR) is 75.4 cm³/mol. The molecule has 3 nitrogen and oxygen atoms in total. The highest BCUT2D eigenvalue weighted by atomic mass is 35.5. The number of hydrogen-bond acceptors (Lipinski definition) is 2. The highest BCUT2D eigenvalue weighted by Gasteiger charge is 1.99. The number of nitrogens with zero attached hydrogens (tertiary/aromatic N) is 1. The van der Waals surface area contributed by atoms with Gasteiger partial charge in [0.2, 0.25) is 0 Å². The first-order valence-electron chi connectivity index (χ1n) is 5.83. The molecule has 94 valence electrons. The van der Waals surface area contributed by atoms with Crippen molar-refractivity contribution in [2.45, 2.75) is 13.5 Å². The average molecular weight is 263 g/mol. The van der Waals surface area contributed by atoms with Gasteiger partial charge in [-0.15, -0.1) is 0 Å². The van der Waals surface area contributed by atoms with E-state index in [1.165, 1.54) is 0 Å². The van der Waals surface area contributed by atoms with Gasteiger partial charge in [0.15, 0.2) is 0 Å². The largest absolute Gasteiger partial charge is 0.383 e. The van der Waals surface area contributed by atoms with Gasteiger partial charge < -0.3 is 9.88 Å². The number of hydrogen-bond donors (Lipinski definition) is 1. The van der Waals surface area contributed by atoms with E-state index in [2.05, 4.69) is 5.32 Å². The van der Waals surface area contributed by atoms with Crippen molar-refractivity contribution in [1.29, 1.82) is 0 Å². The van der Waals surface area contributed by atoms with Crippen molar-refractivity contribution >= 4 is 17.3 Å². The van der Waals surface area contributed by atoms with Crippen molar-refractivity contribution in [2.24, 2.45) is 0 Å². The Balaban J connectivity index is 1.99. The lowest BCUT2D eigenvalue weighted by Gasteiger charge is -2.11. The van der Waals surface area contributed by atoms with Crippen molar-refractivity contribution in [3.05, 3.63) is 63.5 Å². The van der Waals surface area contributed by atoms with E-state index in [9.17, 15) is 4.79 Å². The lowest BCUT2D eigenvalue weighted by atomic mass is 10.3. The van der Waals surface area contributed by atoms with Crippen LogP contribution in [0, 0.1) is 6.92 Å². The summed E-state index contributed by atoms with van der Waals surface area (Å²) < 4.78 is 1.75. The Morgan fingerprint density at radius 2 is 2.00 bits per heavy atom. The number of pyridine rings is 1. The van der Waals surface area contributed by atoms with E-state index < -0.39 is 0 Å². The van der Waals surface area contributed by atoms with Crippen LogP contribution in [0.3, 0.4) is 0 Å². The Morgan fingerprint density at radius 1 is 1.22 bits per heavy atom. The minimum absolute atomic E-state index is 0.0305. The summed E-state index contributed by atoms with van der Waals surface area (Å²) >= 11 is 5.90. The Hall–Kier alpha value is -1.74. The maximum absolute atomic E-state index is 11.7. The van der Waals surface area contributed by atoms with Gasteiger partial charge in [0, 0.05) is 35.6 Å². The Morgan fingerprint density at radius 3 is 2.72 bits per heavy atom. The van der Waals surface area contributed by atoms with Crippen molar-refractivity contribution in [3.8, 4) is 0 Å². The molecule has 0 fully saturated rings. The van der Waals surface area contributed by atoms with Gasteiger partial charge in [-0.05, 0) is 31.2 Å². The normalized spacial score (nSPS) is 10.3. The lowest BCUT2D eigenvalue weighted by Crippen LogP contribution is -2.24. The molecular weight excluding hydrogens is 248 g/mol. The standard InChI is InChI=1S/C14H15ClN2O/c1-11-4-2-7-14(18)17(11)9-8-16-13-6-3-5-12(15)10-13/h2-7,10,16H,8-9H2,1H3. The molecular formula is C14H15ClN2O. The predicted octanol–water partition coefficient (Wildman–Crippen LogP) is 2.92. The molecule has 1 N–H and O–H groups in total. The van der Waals surface area contributed by atoms with Gasteiger partial charge >= 0.3 is 0 Å². The van der Waals surface area contributed by atoms with E-state index >= 15 is 0 Å². The summed E-state index contributed by atoms with van der Waals surface area (Å²) in [6.07, 6.45) is 0. The highest BCUT2D eigenvalue weighted by molar-refractivity contribution is 6.30. The van der Waals surface area contributed by atoms with E-state index in [4.69, 9.17) is 11.6 Å². The van der Waals surface area contributed by atoms with Crippen molar-refractivity contribution in [3.63, 3.8) is 0 Å². The van der Waals surface area contributed by atoms with Crippen LogP contribution in [0.2, 0.25) is 5.02 Å². The molecule has 0 radical (unpaired) electrons. The first kappa shape index (κ1) is 12.7. The molecule has 18 heavy (non-hydrogen) atoms. The lowest BCUT2D eigenvalue weighted by molar-refractivity contribution is 0.675. The molecule has 0 aliphatic rings. The fourth-order valence-electron chi connectivity index (χ4n) is 1.82. The molecule has 0 bridgehead atoms. The van der Waals surface area contributed by atoms with Crippen LogP contribution in [0.4, 0.5) is 5.69 Å². The van der Waals surface area contributed by atoms with E-state index in [0.29, 0.717) is 18.1 Å². The fraction of sp³-hybridized carbons (Fsp3) is 0.214. The SMILES string of the molecule is Cc1cccc(=O)n1CCNc1cccc(Cl)c1. The number of benzene rings is 1. The maximum Gasteiger partial charge on any atom is 0.250 e. The molecule has 0 saturated carbocycles. The quantitative estimate of drug-likeness (QED) is 0.919. The van der Waals surface area contributed by atoms with Crippen molar-refractivity contribution in [1.82, 2.24) is 4.57 Å². The van der Waals surface area contributed by atoms with Gasteiger partial charge in [-0.3, -0.25) is 4.79 Å². The fourth-order valence-corrected chi connectivity index (χ4v) is 2.01. The van der Waals surface area contributed by atoms with Gasteiger partial charge in [-0.1, -0.05) is 23.7 Å². The van der Waals surface area contributed by atoms with Gasteiger partial charge in [0.25, 0.3) is 5.56 Å². The van der Waals surface area contributed by atoms with E-state index in [-0.39, 0.29) is 5.56 Å². The van der Waals surface area contributed by atoms with Crippen LogP contribution in [-0.2, 0) is 6.54 Å². The molecule has 0 aliphatic heterocycles. The second-order valence-electron chi connectivity index (χ2n) is 4.09. The molecule has 1 aromatic heterocycles. The summed E-state index contributed by atoms with van der Waals surface area (Å²) in [5.74, 6) is 0. The second-order valence-corrected chi connectivity index (χ2v) is 4.53. The summed E-state index contributed by atoms with van der Waals surface area (Å²) in [4.78, 5) is 11.7. The molecule has 2 aromatic rings. The molecule has 0 saturated heterocycles. The second kappa shape index (κ2) is 5.74. The summed E-state index contributed by atoms with van der Waals surface area (Å²) in [5, 5.41) is 3.95. The third kappa shape index (κ3) is 3.14. The minimum atomic E-state index is 0.0305. The number of halogens is 1. The van der Waals surface area contributed by atoms with E-state index in [1.54, 1.807) is 16.7 Å². The molecule has 1 aromatic carbocycles. The first-order valence-corrected chi connectivity index (χ1v) is 6.20. The smallest absolute Gasteiger partial charge is 0.250 e. The van der Waals surface area contributed by atoms with Gasteiger partial charge in [0.1, 0.15) is 0 Å². The zero-order valence-electron chi connectivity index (χ0n) is 10.2. The van der Waals surface area contributed by atoms with Crippen LogP contribution in [0.1, 0.15) is 5.69 Å². The summed E-state index contributed by atoms with van der Waals surface area (Å²) in [5.41, 5.74) is 1.96. The number of aromatic nitrogens is 1. The molecule has 0 amide bonds. The molecule has 0 aliphatic carbocycles. The summed E-state index contributed by atoms with van der Waals surface area (Å²) in [7, 11) is 0. The molecule has 0 spiro atoms. The molecule has 1 heterocycles. The first-order chi connectivity index (χ1) is 8.66. The zero-order chi connectivity index (χ0) is 13.0. The summed E-state index contributed by atoms with van der Waals surface area (Å²) in [6.45, 7) is 3.25. The number of anilines is 1. The van der Waals surface area contributed by atoms with Gasteiger partial charge in [-0.25, -0.2) is 0 Å². The van der Waals surface area contributed by atoms with E-state index in [1.807, 2.05) is 37.3 Å². The van der Waals surface area contributed by atoms with E-state index in [0.717, 1.165) is 11.4 Å². The third-order valence-corrected chi connectivity index (χ3v) is 2.99. The Labute approximate surface area is 111 Å². The van der Waals surface area contributed by atoms with Gasteiger partial charge in [-0.2, -0.15) is 0 Å². The highest BCUT2D eigenvalue weighted by Crippen LogP contribution is 2.14.